The number of amides is 1. The second-order valence-electron chi connectivity index (χ2n) is 5.38. The molecule has 0 aliphatic carbocycles. The Morgan fingerprint density at radius 1 is 1.27 bits per heavy atom. The zero-order valence-electron chi connectivity index (χ0n) is 14.4. The molecule has 0 N–H and O–H groups in total. The van der Waals surface area contributed by atoms with Crippen LogP contribution >= 0.6 is 22.9 Å². The number of aromatic nitrogens is 1. The van der Waals surface area contributed by atoms with Crippen molar-refractivity contribution in [1.29, 1.82) is 0 Å². The number of hydrogen-bond acceptors (Lipinski definition) is 4. The minimum absolute atomic E-state index is 0.369. The van der Waals surface area contributed by atoms with Crippen molar-refractivity contribution in [3.63, 3.8) is 0 Å². The van der Waals surface area contributed by atoms with E-state index in [1.807, 2.05) is 22.8 Å². The first-order chi connectivity index (χ1) is 12.6. The van der Waals surface area contributed by atoms with Crippen molar-refractivity contribution >= 4 is 39.1 Å². The van der Waals surface area contributed by atoms with Crippen LogP contribution in [-0.2, 0) is 6.54 Å². The molecule has 2 aromatic carbocycles. The van der Waals surface area contributed by atoms with Gasteiger partial charge in [0, 0.05) is 17.6 Å². The summed E-state index contributed by atoms with van der Waals surface area (Å²) in [5.41, 5.74) is 1.32. The molecule has 0 bridgehead atoms. The van der Waals surface area contributed by atoms with E-state index in [9.17, 15) is 4.79 Å². The molecule has 0 atom stereocenters. The number of carbonyl (C=O) groups is 1. The summed E-state index contributed by atoms with van der Waals surface area (Å²) in [4.78, 5) is 17.6. The second kappa shape index (κ2) is 7.76. The van der Waals surface area contributed by atoms with Gasteiger partial charge in [0.15, 0.2) is 4.80 Å². The minimum Gasteiger partial charge on any atom is -0.497 e. The van der Waals surface area contributed by atoms with Gasteiger partial charge in [0.25, 0.3) is 5.91 Å². The third-order valence-corrected chi connectivity index (χ3v) is 5.07. The van der Waals surface area contributed by atoms with E-state index in [-0.39, 0.29) is 5.91 Å². The van der Waals surface area contributed by atoms with Crippen LogP contribution in [0.25, 0.3) is 10.2 Å². The Kier molecular flexibility index (Phi) is 5.44. The van der Waals surface area contributed by atoms with E-state index in [0.29, 0.717) is 33.4 Å². The Bertz CT molecular complexity index is 1050. The summed E-state index contributed by atoms with van der Waals surface area (Å²) >= 11 is 7.48. The van der Waals surface area contributed by atoms with Crippen molar-refractivity contribution in [3.05, 3.63) is 64.4 Å². The van der Waals surface area contributed by atoms with Gasteiger partial charge in [0.2, 0.25) is 0 Å². The number of halogens is 1. The summed E-state index contributed by atoms with van der Waals surface area (Å²) in [6.45, 7) is 4.32. The number of fused-ring (bicyclic) bond motifs is 1. The zero-order chi connectivity index (χ0) is 18.7. The molecule has 1 heterocycles. The Labute approximate surface area is 159 Å². The molecule has 1 aromatic heterocycles. The van der Waals surface area contributed by atoms with Crippen LogP contribution in [-0.4, -0.2) is 24.7 Å². The van der Waals surface area contributed by atoms with Gasteiger partial charge in [-0.15, -0.1) is 6.58 Å². The number of ether oxygens (including phenoxy) is 2. The monoisotopic (exact) mass is 388 g/mol. The van der Waals surface area contributed by atoms with Gasteiger partial charge in [0.05, 0.1) is 30.0 Å². The lowest BCUT2D eigenvalue weighted by atomic mass is 10.2. The van der Waals surface area contributed by atoms with Gasteiger partial charge in [-0.1, -0.05) is 29.0 Å². The lowest BCUT2D eigenvalue weighted by Crippen LogP contribution is -2.16. The van der Waals surface area contributed by atoms with Crippen LogP contribution in [0.1, 0.15) is 10.4 Å². The van der Waals surface area contributed by atoms with Crippen LogP contribution in [0.15, 0.2) is 54.0 Å². The van der Waals surface area contributed by atoms with Crippen LogP contribution in [0.5, 0.6) is 11.5 Å². The summed E-state index contributed by atoms with van der Waals surface area (Å²) in [7, 11) is 3.06. The van der Waals surface area contributed by atoms with Crippen LogP contribution in [0.2, 0.25) is 5.02 Å². The van der Waals surface area contributed by atoms with Crippen molar-refractivity contribution in [2.45, 2.75) is 6.54 Å². The number of benzene rings is 2. The standard InChI is InChI=1S/C19H17ClN2O3S/c1-4-9-22-15-8-5-12(20)10-17(15)26-19(22)21-18(23)14-7-6-13(24-2)11-16(14)25-3/h4-8,10-11H,1,9H2,2-3H3. The number of thiazole rings is 1. The summed E-state index contributed by atoms with van der Waals surface area (Å²) in [5, 5.41) is 0.638. The molecule has 0 saturated heterocycles. The molecule has 134 valence electrons. The lowest BCUT2D eigenvalue weighted by Gasteiger charge is -2.07. The van der Waals surface area contributed by atoms with Gasteiger partial charge in [0.1, 0.15) is 11.5 Å². The molecule has 3 aromatic rings. The van der Waals surface area contributed by atoms with Crippen molar-refractivity contribution in [2.24, 2.45) is 4.99 Å². The lowest BCUT2D eigenvalue weighted by molar-refractivity contribution is 0.0995. The average molecular weight is 389 g/mol. The van der Waals surface area contributed by atoms with Gasteiger partial charge in [-0.05, 0) is 30.3 Å². The topological polar surface area (TPSA) is 52.8 Å². The highest BCUT2D eigenvalue weighted by molar-refractivity contribution is 7.16. The zero-order valence-corrected chi connectivity index (χ0v) is 15.9. The third-order valence-electron chi connectivity index (χ3n) is 3.79. The van der Waals surface area contributed by atoms with Crippen LogP contribution in [0, 0.1) is 0 Å². The predicted octanol–water partition coefficient (Wildman–Crippen LogP) is 4.30. The number of hydrogen-bond donors (Lipinski definition) is 0. The summed E-state index contributed by atoms with van der Waals surface area (Å²) in [5.74, 6) is 0.633. The van der Waals surface area contributed by atoms with Gasteiger partial charge < -0.3 is 14.0 Å². The number of allylic oxidation sites excluding steroid dienone is 1. The van der Waals surface area contributed by atoms with Gasteiger partial charge in [-0.2, -0.15) is 4.99 Å². The number of carbonyl (C=O) groups excluding carboxylic acids is 1. The van der Waals surface area contributed by atoms with Crippen molar-refractivity contribution in [1.82, 2.24) is 4.57 Å². The first-order valence-electron chi connectivity index (χ1n) is 7.78. The molecule has 0 aliphatic rings. The molecule has 3 rings (SSSR count). The minimum atomic E-state index is -0.389. The number of methoxy groups -OCH3 is 2. The van der Waals surface area contributed by atoms with E-state index in [1.165, 1.54) is 18.4 Å². The molecule has 0 fully saturated rings. The van der Waals surface area contributed by atoms with Crippen molar-refractivity contribution in [3.8, 4) is 11.5 Å². The quantitative estimate of drug-likeness (QED) is 0.612. The largest absolute Gasteiger partial charge is 0.497 e. The van der Waals surface area contributed by atoms with E-state index < -0.39 is 0 Å². The highest BCUT2D eigenvalue weighted by atomic mass is 35.5. The van der Waals surface area contributed by atoms with Crippen LogP contribution in [0.4, 0.5) is 0 Å². The highest BCUT2D eigenvalue weighted by Crippen LogP contribution is 2.26. The Morgan fingerprint density at radius 3 is 2.77 bits per heavy atom. The van der Waals surface area contributed by atoms with E-state index in [4.69, 9.17) is 21.1 Å². The fourth-order valence-corrected chi connectivity index (χ4v) is 3.87. The first-order valence-corrected chi connectivity index (χ1v) is 8.97. The second-order valence-corrected chi connectivity index (χ2v) is 6.82. The molecule has 1 amide bonds. The summed E-state index contributed by atoms with van der Waals surface area (Å²) in [6.07, 6.45) is 1.76. The van der Waals surface area contributed by atoms with E-state index in [2.05, 4.69) is 11.6 Å². The summed E-state index contributed by atoms with van der Waals surface area (Å²) in [6, 6.07) is 10.6. The number of rotatable bonds is 5. The maximum absolute atomic E-state index is 12.7. The molecular weight excluding hydrogens is 372 g/mol. The van der Waals surface area contributed by atoms with E-state index in [1.54, 1.807) is 31.4 Å². The molecule has 0 unspecified atom stereocenters. The molecule has 26 heavy (non-hydrogen) atoms. The van der Waals surface area contributed by atoms with Crippen molar-refractivity contribution in [2.75, 3.05) is 14.2 Å². The maximum atomic E-state index is 12.7. The Hall–Kier alpha value is -2.57. The fourth-order valence-electron chi connectivity index (χ4n) is 2.56. The molecular formula is C19H17ClN2O3S. The van der Waals surface area contributed by atoms with Crippen molar-refractivity contribution < 1.29 is 14.3 Å². The van der Waals surface area contributed by atoms with E-state index in [0.717, 1.165) is 10.2 Å². The Balaban J connectivity index is 2.13. The van der Waals surface area contributed by atoms with Crippen LogP contribution < -0.4 is 14.3 Å². The normalized spacial score (nSPS) is 11.6. The Morgan fingerprint density at radius 2 is 2.08 bits per heavy atom. The molecule has 7 heteroatoms. The average Bonchev–Trinajstić information content (AvgIpc) is 2.97. The highest BCUT2D eigenvalue weighted by Gasteiger charge is 2.14. The SMILES string of the molecule is C=CCn1c(=NC(=O)c2ccc(OC)cc2OC)sc2cc(Cl)ccc21. The molecule has 0 spiro atoms. The van der Waals surface area contributed by atoms with Gasteiger partial charge >= 0.3 is 0 Å². The number of nitrogens with zero attached hydrogens (tertiary/aromatic N) is 2. The first kappa shape index (κ1) is 18.2. The maximum Gasteiger partial charge on any atom is 0.283 e. The summed E-state index contributed by atoms with van der Waals surface area (Å²) < 4.78 is 13.3. The molecule has 5 nitrogen and oxygen atoms in total. The van der Waals surface area contributed by atoms with Gasteiger partial charge in [-0.25, -0.2) is 0 Å². The predicted molar refractivity (Wildman–Crippen MR) is 104 cm³/mol. The molecule has 0 saturated carbocycles. The van der Waals surface area contributed by atoms with Gasteiger partial charge in [-0.3, -0.25) is 4.79 Å². The van der Waals surface area contributed by atoms with E-state index >= 15 is 0 Å². The fraction of sp³-hybridized carbons (Fsp3) is 0.158. The van der Waals surface area contributed by atoms with Crippen LogP contribution in [0.3, 0.4) is 0 Å². The third kappa shape index (κ3) is 3.52. The molecule has 0 radical (unpaired) electrons. The molecule has 0 aliphatic heterocycles. The smallest absolute Gasteiger partial charge is 0.283 e.